The number of hydrogen-bond acceptors (Lipinski definition) is 4. The van der Waals surface area contributed by atoms with Gasteiger partial charge in [-0.2, -0.15) is 0 Å². The number of aromatic nitrogens is 5. The van der Waals surface area contributed by atoms with Crippen LogP contribution in [0.4, 0.5) is 0 Å². The molecule has 156 valence electrons. The summed E-state index contributed by atoms with van der Waals surface area (Å²) < 4.78 is 2.17. The number of tetrazole rings is 1. The lowest BCUT2D eigenvalue weighted by atomic mass is 9.92. The summed E-state index contributed by atoms with van der Waals surface area (Å²) in [6.07, 6.45) is 14.3. The van der Waals surface area contributed by atoms with Crippen LogP contribution in [0.2, 0.25) is 0 Å². The van der Waals surface area contributed by atoms with E-state index >= 15 is 0 Å². The van der Waals surface area contributed by atoms with Crippen LogP contribution in [0.5, 0.6) is 0 Å². The van der Waals surface area contributed by atoms with Crippen LogP contribution in [-0.4, -0.2) is 31.7 Å². The summed E-state index contributed by atoms with van der Waals surface area (Å²) in [4.78, 5) is 3.39. The van der Waals surface area contributed by atoms with Crippen LogP contribution in [0.25, 0.3) is 10.9 Å². The predicted molar refractivity (Wildman–Crippen MR) is 117 cm³/mol. The minimum Gasteiger partial charge on any atom is -0.361 e. The van der Waals surface area contributed by atoms with Crippen LogP contribution < -0.4 is 5.32 Å². The zero-order valence-corrected chi connectivity index (χ0v) is 16.5. The van der Waals surface area contributed by atoms with Crippen LogP contribution >= 0.6 is 0 Å². The first-order chi connectivity index (χ1) is 13.9. The second-order valence-electron chi connectivity index (χ2n) is 8.56. The highest BCUT2D eigenvalue weighted by Crippen LogP contribution is 2.39. The Labute approximate surface area is 173 Å². The highest BCUT2D eigenvalue weighted by molar-refractivity contribution is 5.83. The Bertz CT molecular complexity index is 914. The Morgan fingerprint density at radius 3 is 2.69 bits per heavy atom. The molecule has 2 N–H and O–H groups in total. The average molecular weight is 395 g/mol. The number of para-hydroxylation sites is 1. The average Bonchev–Trinajstić information content (AvgIpc) is 3.49. The molecule has 0 aliphatic heterocycles. The van der Waals surface area contributed by atoms with Crippen LogP contribution in [-0.2, 0) is 12.0 Å². The van der Waals surface area contributed by atoms with Crippen molar-refractivity contribution in [3.63, 3.8) is 0 Å². The number of hydrogen-bond donors (Lipinski definition) is 2. The predicted octanol–water partition coefficient (Wildman–Crippen LogP) is 4.90. The molecule has 0 unspecified atom stereocenters. The van der Waals surface area contributed by atoms with Crippen molar-refractivity contribution in [3.05, 3.63) is 41.9 Å². The molecule has 0 saturated heterocycles. The molecule has 0 amide bonds. The zero-order valence-electron chi connectivity index (χ0n) is 16.5. The Kier molecular flexibility index (Phi) is 5.99. The van der Waals surface area contributed by atoms with Gasteiger partial charge in [0, 0.05) is 23.6 Å². The molecule has 0 atom stereocenters. The lowest BCUT2D eigenvalue weighted by molar-refractivity contribution is 0.261. The highest BCUT2D eigenvalue weighted by atomic mass is 15.6. The molecule has 2 heterocycles. The van der Waals surface area contributed by atoms with E-state index in [-0.39, 0.29) is 13.0 Å². The third-order valence-electron chi connectivity index (χ3n) is 6.83. The first-order valence-electron chi connectivity index (χ1n) is 10.9. The fourth-order valence-corrected chi connectivity index (χ4v) is 5.31. The summed E-state index contributed by atoms with van der Waals surface area (Å²) in [6, 6.07) is 9.02. The molecule has 2 aliphatic carbocycles. The zero-order chi connectivity index (χ0) is 18.8. The van der Waals surface area contributed by atoms with E-state index < -0.39 is 0 Å². The van der Waals surface area contributed by atoms with Gasteiger partial charge in [0.2, 0.25) is 0 Å². The number of nitrogens with zero attached hydrogens (tertiary/aromatic N) is 4. The van der Waals surface area contributed by atoms with Crippen LogP contribution in [0.1, 0.15) is 82.6 Å². The van der Waals surface area contributed by atoms with E-state index in [1.807, 2.05) is 0 Å². The summed E-state index contributed by atoms with van der Waals surface area (Å²) in [5.41, 5.74) is 2.53. The summed E-state index contributed by atoms with van der Waals surface area (Å²) >= 11 is 0. The summed E-state index contributed by atoms with van der Waals surface area (Å²) in [7, 11) is 0. The monoisotopic (exact) mass is 394 g/mol. The summed E-state index contributed by atoms with van der Waals surface area (Å²) in [5, 5.41) is 18.3. The van der Waals surface area contributed by atoms with Gasteiger partial charge in [0.15, 0.2) is 5.82 Å². The molecule has 0 radical (unpaired) electrons. The fourth-order valence-electron chi connectivity index (χ4n) is 5.31. The molecule has 0 bridgehead atoms. The number of aromatic amines is 1. The molecule has 5 rings (SSSR count). The molecule has 0 spiro atoms. The van der Waals surface area contributed by atoms with E-state index in [2.05, 4.69) is 61.0 Å². The summed E-state index contributed by atoms with van der Waals surface area (Å²) in [5.74, 6) is 1.08. The Hall–Kier alpha value is -2.21. The van der Waals surface area contributed by atoms with Gasteiger partial charge in [-0.15, -0.1) is 5.10 Å². The van der Waals surface area contributed by atoms with E-state index in [4.69, 9.17) is 0 Å². The Balaban J connectivity index is 0.00000205. The second-order valence-corrected chi connectivity index (χ2v) is 8.56. The van der Waals surface area contributed by atoms with E-state index in [0.29, 0.717) is 6.04 Å². The number of nitrogens with one attached hydrogen (secondary N) is 2. The van der Waals surface area contributed by atoms with Crippen molar-refractivity contribution < 1.29 is 0 Å². The first-order valence-corrected chi connectivity index (χ1v) is 10.9. The largest absolute Gasteiger partial charge is 0.361 e. The van der Waals surface area contributed by atoms with Crippen molar-refractivity contribution in [2.45, 2.75) is 83.2 Å². The maximum atomic E-state index is 4.54. The molecule has 6 nitrogen and oxygen atoms in total. The Morgan fingerprint density at radius 2 is 1.86 bits per heavy atom. The third kappa shape index (κ3) is 3.82. The topological polar surface area (TPSA) is 71.4 Å². The van der Waals surface area contributed by atoms with Gasteiger partial charge in [0.1, 0.15) is 0 Å². The van der Waals surface area contributed by atoms with Gasteiger partial charge in [-0.3, -0.25) is 0 Å². The standard InChI is InChI=1S/C22H30N6.CH4/c1-2-8-18(9-3-1)28-21(25-26-27-28)22(13-6-7-14-22)24-15-12-17-16-23-20-11-5-4-10-19(17)20;/h4-5,10-11,16,18,23-24H,1-3,6-9,12-15H2;1H4. The van der Waals surface area contributed by atoms with Crippen molar-refractivity contribution in [2.75, 3.05) is 6.54 Å². The van der Waals surface area contributed by atoms with E-state index in [1.54, 1.807) is 0 Å². The highest BCUT2D eigenvalue weighted by Gasteiger charge is 2.41. The smallest absolute Gasteiger partial charge is 0.171 e. The molecule has 2 aliphatic rings. The van der Waals surface area contributed by atoms with Gasteiger partial charge in [-0.1, -0.05) is 57.7 Å². The molecule has 29 heavy (non-hydrogen) atoms. The number of H-pyrrole nitrogens is 1. The van der Waals surface area contributed by atoms with Crippen molar-refractivity contribution >= 4 is 10.9 Å². The fraction of sp³-hybridized carbons (Fsp3) is 0.609. The van der Waals surface area contributed by atoms with Gasteiger partial charge in [0.05, 0.1) is 11.6 Å². The van der Waals surface area contributed by atoms with E-state index in [1.165, 1.54) is 61.4 Å². The van der Waals surface area contributed by atoms with Crippen molar-refractivity contribution in [3.8, 4) is 0 Å². The molecule has 3 aromatic rings. The maximum absolute atomic E-state index is 4.54. The van der Waals surface area contributed by atoms with Gasteiger partial charge in [-0.25, -0.2) is 4.68 Å². The normalized spacial score (nSPS) is 19.4. The number of benzene rings is 1. The molecular formula is C23H34N6. The van der Waals surface area contributed by atoms with Gasteiger partial charge >= 0.3 is 0 Å². The van der Waals surface area contributed by atoms with E-state index in [0.717, 1.165) is 31.6 Å². The lowest BCUT2D eigenvalue weighted by Gasteiger charge is -2.32. The molecule has 2 saturated carbocycles. The maximum Gasteiger partial charge on any atom is 0.171 e. The molecule has 2 aromatic heterocycles. The van der Waals surface area contributed by atoms with Gasteiger partial charge in [0.25, 0.3) is 0 Å². The van der Waals surface area contributed by atoms with Gasteiger partial charge < -0.3 is 10.3 Å². The van der Waals surface area contributed by atoms with Crippen molar-refractivity contribution in [1.82, 2.24) is 30.5 Å². The number of rotatable bonds is 6. The molecule has 1 aromatic carbocycles. The second kappa shape index (κ2) is 8.66. The first kappa shape index (κ1) is 20.1. The third-order valence-corrected chi connectivity index (χ3v) is 6.83. The molecular weight excluding hydrogens is 360 g/mol. The molecule has 6 heteroatoms. The molecule has 2 fully saturated rings. The minimum atomic E-state index is -0.0624. The van der Waals surface area contributed by atoms with Crippen LogP contribution in [0.3, 0.4) is 0 Å². The van der Waals surface area contributed by atoms with Crippen LogP contribution in [0.15, 0.2) is 30.5 Å². The van der Waals surface area contributed by atoms with Crippen molar-refractivity contribution in [1.29, 1.82) is 0 Å². The van der Waals surface area contributed by atoms with E-state index in [9.17, 15) is 0 Å². The van der Waals surface area contributed by atoms with Gasteiger partial charge in [-0.05, 0) is 54.2 Å². The summed E-state index contributed by atoms with van der Waals surface area (Å²) in [6.45, 7) is 0.944. The Morgan fingerprint density at radius 1 is 1.07 bits per heavy atom. The quantitative estimate of drug-likeness (QED) is 0.624. The van der Waals surface area contributed by atoms with Crippen molar-refractivity contribution in [2.24, 2.45) is 0 Å². The minimum absolute atomic E-state index is 0. The SMILES string of the molecule is C.c1ccc2c(CCNC3(c4nnnn4C4CCCCC4)CCCC3)c[nH]c2c1. The van der Waals surface area contributed by atoms with Crippen LogP contribution in [0, 0.1) is 0 Å². The number of fused-ring (bicyclic) bond motifs is 1. The lowest BCUT2D eigenvalue weighted by Crippen LogP contribution is -2.44.